The first-order valence-electron chi connectivity index (χ1n) is 6.01. The summed E-state index contributed by atoms with van der Waals surface area (Å²) < 4.78 is 12.0. The van der Waals surface area contributed by atoms with Gasteiger partial charge < -0.3 is 14.6 Å². The molecule has 2 heterocycles. The van der Waals surface area contributed by atoms with Gasteiger partial charge in [-0.3, -0.25) is 4.57 Å². The van der Waals surface area contributed by atoms with E-state index in [1.807, 2.05) is 18.2 Å². The van der Waals surface area contributed by atoms with E-state index in [9.17, 15) is 4.79 Å². The Hall–Kier alpha value is -2.06. The molecule has 3 rings (SSSR count). The van der Waals surface area contributed by atoms with Crippen molar-refractivity contribution >= 4 is 22.9 Å². The van der Waals surface area contributed by atoms with Crippen molar-refractivity contribution in [3.8, 4) is 0 Å². The number of nitrogens with zero attached hydrogens (tertiary/aromatic N) is 3. The second-order valence-electron chi connectivity index (χ2n) is 4.00. The van der Waals surface area contributed by atoms with Crippen LogP contribution in [0.5, 0.6) is 0 Å². The Morgan fingerprint density at radius 2 is 2.10 bits per heavy atom. The number of benzene rings is 1. The molecule has 0 bridgehead atoms. The van der Waals surface area contributed by atoms with Crippen molar-refractivity contribution < 1.29 is 8.83 Å². The lowest BCUT2D eigenvalue weighted by Gasteiger charge is -1.99. The first kappa shape index (κ1) is 12.9. The third-order valence-electron chi connectivity index (χ3n) is 2.74. The number of para-hydroxylation sites is 2. The smallest absolute Gasteiger partial charge is 0.415 e. The summed E-state index contributed by atoms with van der Waals surface area (Å²) in [7, 11) is 0. The molecule has 0 saturated carbocycles. The minimum absolute atomic E-state index is 0.222. The van der Waals surface area contributed by atoms with Crippen LogP contribution in [-0.2, 0) is 13.1 Å². The normalized spacial score (nSPS) is 11.2. The zero-order valence-corrected chi connectivity index (χ0v) is 11.3. The molecule has 0 fully saturated rings. The number of nitrogens with two attached hydrogens (primary N) is 1. The Bertz CT molecular complexity index is 776. The standard InChI is InChI=1S/C12H12N4O3S/c13-7-10-14-15-11(19-10)20-6-5-16-8-3-1-2-4-9(8)18-12(16)17/h1-4H,5-7,13H2. The lowest BCUT2D eigenvalue weighted by molar-refractivity contribution is 0.414. The van der Waals surface area contributed by atoms with Crippen LogP contribution in [0, 0.1) is 0 Å². The van der Waals surface area contributed by atoms with E-state index in [2.05, 4.69) is 10.2 Å². The fourth-order valence-electron chi connectivity index (χ4n) is 1.83. The Labute approximate surface area is 117 Å². The summed E-state index contributed by atoms with van der Waals surface area (Å²) in [5.74, 6) is 0.661. The number of aryl methyl sites for hydroxylation is 1. The molecule has 104 valence electrons. The summed E-state index contributed by atoms with van der Waals surface area (Å²) in [6.07, 6.45) is 0. The molecular formula is C12H12N4O3S. The number of fused-ring (bicyclic) bond motifs is 1. The van der Waals surface area contributed by atoms with Crippen molar-refractivity contribution in [2.24, 2.45) is 5.73 Å². The minimum atomic E-state index is -0.361. The number of thioether (sulfide) groups is 1. The number of hydrogen-bond acceptors (Lipinski definition) is 7. The van der Waals surface area contributed by atoms with Crippen molar-refractivity contribution in [3.05, 3.63) is 40.7 Å². The molecule has 0 aliphatic carbocycles. The molecule has 2 aromatic heterocycles. The zero-order chi connectivity index (χ0) is 13.9. The van der Waals surface area contributed by atoms with Crippen LogP contribution >= 0.6 is 11.8 Å². The predicted octanol–water partition coefficient (Wildman–Crippen LogP) is 1.23. The molecule has 0 aliphatic heterocycles. The summed E-state index contributed by atoms with van der Waals surface area (Å²) in [6.45, 7) is 0.722. The van der Waals surface area contributed by atoms with Crippen LogP contribution in [0.1, 0.15) is 5.89 Å². The van der Waals surface area contributed by atoms with E-state index in [-0.39, 0.29) is 12.3 Å². The second-order valence-corrected chi connectivity index (χ2v) is 5.05. The molecule has 3 aromatic rings. The van der Waals surface area contributed by atoms with Crippen LogP contribution < -0.4 is 11.5 Å². The maximum Gasteiger partial charge on any atom is 0.419 e. The monoisotopic (exact) mass is 292 g/mol. The molecule has 1 aromatic carbocycles. The molecule has 20 heavy (non-hydrogen) atoms. The predicted molar refractivity (Wildman–Crippen MR) is 73.4 cm³/mol. The van der Waals surface area contributed by atoms with E-state index in [4.69, 9.17) is 14.6 Å². The van der Waals surface area contributed by atoms with Crippen molar-refractivity contribution in [3.63, 3.8) is 0 Å². The van der Waals surface area contributed by atoms with E-state index < -0.39 is 0 Å². The van der Waals surface area contributed by atoms with Crippen molar-refractivity contribution in [1.29, 1.82) is 0 Å². The number of rotatable bonds is 5. The zero-order valence-electron chi connectivity index (χ0n) is 10.5. The molecule has 0 amide bonds. The average Bonchev–Trinajstić information content (AvgIpc) is 3.04. The average molecular weight is 292 g/mol. The minimum Gasteiger partial charge on any atom is -0.415 e. The highest BCUT2D eigenvalue weighted by molar-refractivity contribution is 7.99. The van der Waals surface area contributed by atoms with Gasteiger partial charge in [0.1, 0.15) is 0 Å². The molecule has 0 aliphatic rings. The Morgan fingerprint density at radius 1 is 1.25 bits per heavy atom. The van der Waals surface area contributed by atoms with Gasteiger partial charge in [-0.2, -0.15) is 0 Å². The van der Waals surface area contributed by atoms with Crippen LogP contribution in [0.3, 0.4) is 0 Å². The molecular weight excluding hydrogens is 280 g/mol. The Kier molecular flexibility index (Phi) is 3.57. The van der Waals surface area contributed by atoms with Crippen molar-refractivity contribution in [1.82, 2.24) is 14.8 Å². The third kappa shape index (κ3) is 2.47. The van der Waals surface area contributed by atoms with E-state index >= 15 is 0 Å². The topological polar surface area (TPSA) is 100 Å². The van der Waals surface area contributed by atoms with Crippen LogP contribution in [0.15, 0.2) is 43.1 Å². The maximum atomic E-state index is 11.8. The molecule has 0 saturated heterocycles. The highest BCUT2D eigenvalue weighted by Crippen LogP contribution is 2.17. The fourth-order valence-corrected chi connectivity index (χ4v) is 2.53. The highest BCUT2D eigenvalue weighted by atomic mass is 32.2. The van der Waals surface area contributed by atoms with Gasteiger partial charge in [0.2, 0.25) is 5.89 Å². The summed E-state index contributed by atoms with van der Waals surface area (Å²) in [5.41, 5.74) is 6.76. The van der Waals surface area contributed by atoms with Crippen LogP contribution in [0.4, 0.5) is 0 Å². The summed E-state index contributed by atoms with van der Waals surface area (Å²) in [6, 6.07) is 7.32. The van der Waals surface area contributed by atoms with Gasteiger partial charge in [-0.15, -0.1) is 10.2 Å². The number of oxazole rings is 1. The van der Waals surface area contributed by atoms with E-state index in [0.29, 0.717) is 29.0 Å². The van der Waals surface area contributed by atoms with Crippen molar-refractivity contribution in [2.75, 3.05) is 5.75 Å². The number of aromatic nitrogens is 3. The molecule has 2 N–H and O–H groups in total. The summed E-state index contributed by atoms with van der Waals surface area (Å²) in [5, 5.41) is 8.06. The SMILES string of the molecule is NCc1nnc(SCCn2c(=O)oc3ccccc32)o1. The molecule has 8 heteroatoms. The van der Waals surface area contributed by atoms with Crippen molar-refractivity contribution in [2.45, 2.75) is 18.3 Å². The molecule has 0 atom stereocenters. The van der Waals surface area contributed by atoms with E-state index in [1.54, 1.807) is 10.6 Å². The van der Waals surface area contributed by atoms with Gasteiger partial charge in [-0.05, 0) is 12.1 Å². The number of hydrogen-bond donors (Lipinski definition) is 1. The van der Waals surface area contributed by atoms with Gasteiger partial charge >= 0.3 is 5.76 Å². The van der Waals surface area contributed by atoms with Gasteiger partial charge in [0.05, 0.1) is 12.1 Å². The maximum absolute atomic E-state index is 11.8. The lowest BCUT2D eigenvalue weighted by atomic mass is 10.3. The molecule has 7 nitrogen and oxygen atoms in total. The highest BCUT2D eigenvalue weighted by Gasteiger charge is 2.09. The quantitative estimate of drug-likeness (QED) is 0.706. The summed E-state index contributed by atoms with van der Waals surface area (Å²) in [4.78, 5) is 11.8. The third-order valence-corrected chi connectivity index (χ3v) is 3.54. The fraction of sp³-hybridized carbons (Fsp3) is 0.250. The Morgan fingerprint density at radius 3 is 2.90 bits per heavy atom. The first-order chi connectivity index (χ1) is 9.78. The van der Waals surface area contributed by atoms with Crippen LogP contribution in [0.2, 0.25) is 0 Å². The van der Waals surface area contributed by atoms with Gasteiger partial charge in [-0.25, -0.2) is 4.79 Å². The lowest BCUT2D eigenvalue weighted by Crippen LogP contribution is -2.15. The van der Waals surface area contributed by atoms with Gasteiger partial charge in [-0.1, -0.05) is 23.9 Å². The molecule has 0 radical (unpaired) electrons. The van der Waals surface area contributed by atoms with Gasteiger partial charge in [0, 0.05) is 12.3 Å². The van der Waals surface area contributed by atoms with Gasteiger partial charge in [0.15, 0.2) is 5.58 Å². The van der Waals surface area contributed by atoms with Crippen LogP contribution in [0.25, 0.3) is 11.1 Å². The second kappa shape index (κ2) is 5.51. The Balaban J connectivity index is 1.71. The molecule has 0 spiro atoms. The van der Waals surface area contributed by atoms with Crippen LogP contribution in [-0.4, -0.2) is 20.5 Å². The summed E-state index contributed by atoms with van der Waals surface area (Å²) >= 11 is 1.37. The largest absolute Gasteiger partial charge is 0.419 e. The van der Waals surface area contributed by atoms with E-state index in [1.165, 1.54) is 11.8 Å². The van der Waals surface area contributed by atoms with Gasteiger partial charge in [0.25, 0.3) is 5.22 Å². The van der Waals surface area contributed by atoms with E-state index in [0.717, 1.165) is 5.52 Å². The first-order valence-corrected chi connectivity index (χ1v) is 7.00. The molecule has 0 unspecified atom stereocenters.